The molecule has 0 saturated carbocycles. The molecule has 1 unspecified atom stereocenters. The maximum atomic E-state index is 13.6. The molecule has 4 N–H and O–H groups in total. The number of nitrogens with one attached hydrogen (secondary N) is 2. The van der Waals surface area contributed by atoms with E-state index in [-0.39, 0.29) is 11.3 Å². The lowest BCUT2D eigenvalue weighted by molar-refractivity contribution is 0.466. The van der Waals surface area contributed by atoms with E-state index in [0.29, 0.717) is 22.0 Å². The Kier molecular flexibility index (Phi) is 4.82. The van der Waals surface area contributed by atoms with Gasteiger partial charge in [-0.15, -0.1) is 0 Å². The van der Waals surface area contributed by atoms with E-state index in [1.165, 1.54) is 17.8 Å². The van der Waals surface area contributed by atoms with Crippen LogP contribution in [0.4, 0.5) is 10.1 Å². The minimum atomic E-state index is -0.241. The molecular formula is C17H19FN4S2. The van der Waals surface area contributed by atoms with E-state index in [9.17, 15) is 4.39 Å². The van der Waals surface area contributed by atoms with Gasteiger partial charge in [0.15, 0.2) is 5.50 Å². The number of thioether (sulfide) groups is 2. The van der Waals surface area contributed by atoms with Gasteiger partial charge in [0, 0.05) is 23.0 Å². The van der Waals surface area contributed by atoms with Gasteiger partial charge in [0.1, 0.15) is 5.82 Å². The quantitative estimate of drug-likeness (QED) is 0.730. The molecule has 0 fully saturated rings. The van der Waals surface area contributed by atoms with Crippen molar-refractivity contribution < 1.29 is 4.39 Å². The summed E-state index contributed by atoms with van der Waals surface area (Å²) in [5.41, 5.74) is 10.4. The van der Waals surface area contributed by atoms with Gasteiger partial charge in [-0.2, -0.15) is 0 Å². The fourth-order valence-electron chi connectivity index (χ4n) is 2.48. The minimum Gasteiger partial charge on any atom is -0.397 e. The standard InChI is InChI=1S/C17H19FN4S2/c1-10-4-5-13(8-14(10)18)21-12(3)24-9-15(19)16-11(2)20-17-22(16)6-7-23-17/h4-9,17,20-21H,3,19H2,1-2H3/b15-9-. The molecule has 126 valence electrons. The van der Waals surface area contributed by atoms with Gasteiger partial charge in [-0.1, -0.05) is 36.2 Å². The molecule has 0 aliphatic carbocycles. The van der Waals surface area contributed by atoms with Crippen molar-refractivity contribution in [2.24, 2.45) is 5.73 Å². The molecule has 0 aromatic heterocycles. The highest BCUT2D eigenvalue weighted by Gasteiger charge is 2.31. The van der Waals surface area contributed by atoms with Gasteiger partial charge < -0.3 is 21.3 Å². The highest BCUT2D eigenvalue weighted by atomic mass is 32.2. The number of allylic oxidation sites excluding steroid dienone is 1. The van der Waals surface area contributed by atoms with Crippen LogP contribution < -0.4 is 16.4 Å². The lowest BCUT2D eigenvalue weighted by Gasteiger charge is -2.19. The zero-order valence-electron chi connectivity index (χ0n) is 13.5. The van der Waals surface area contributed by atoms with Gasteiger partial charge in [-0.25, -0.2) is 4.39 Å². The molecule has 7 heteroatoms. The number of nitrogens with zero attached hydrogens (tertiary/aromatic N) is 1. The molecular weight excluding hydrogens is 343 g/mol. The van der Waals surface area contributed by atoms with E-state index >= 15 is 0 Å². The molecule has 1 aromatic rings. The molecule has 0 amide bonds. The molecule has 0 spiro atoms. The van der Waals surface area contributed by atoms with Gasteiger partial charge >= 0.3 is 0 Å². The fraction of sp³-hybridized carbons (Fsp3) is 0.176. The normalized spacial score (nSPS) is 19.5. The van der Waals surface area contributed by atoms with Crippen LogP contribution in [0, 0.1) is 12.7 Å². The molecule has 0 bridgehead atoms. The van der Waals surface area contributed by atoms with Gasteiger partial charge in [-0.3, -0.25) is 0 Å². The first kappa shape index (κ1) is 16.9. The third-order valence-corrected chi connectivity index (χ3v) is 5.33. The largest absolute Gasteiger partial charge is 0.397 e. The molecule has 3 rings (SSSR count). The summed E-state index contributed by atoms with van der Waals surface area (Å²) in [6.45, 7) is 7.69. The van der Waals surface area contributed by atoms with Crippen molar-refractivity contribution in [1.29, 1.82) is 0 Å². The van der Waals surface area contributed by atoms with Crippen LogP contribution in [0.3, 0.4) is 0 Å². The first-order chi connectivity index (χ1) is 11.5. The Hall–Kier alpha value is -1.99. The minimum absolute atomic E-state index is 0.189. The van der Waals surface area contributed by atoms with Crippen molar-refractivity contribution in [3.8, 4) is 0 Å². The van der Waals surface area contributed by atoms with Crippen molar-refractivity contribution in [2.75, 3.05) is 5.32 Å². The molecule has 24 heavy (non-hydrogen) atoms. The number of rotatable bonds is 5. The van der Waals surface area contributed by atoms with Crippen LogP contribution in [0.2, 0.25) is 0 Å². The van der Waals surface area contributed by atoms with E-state index in [1.54, 1.807) is 24.8 Å². The topological polar surface area (TPSA) is 53.3 Å². The second-order valence-electron chi connectivity index (χ2n) is 5.50. The number of halogens is 1. The molecule has 2 aliphatic heterocycles. The highest BCUT2D eigenvalue weighted by molar-refractivity contribution is 8.05. The second kappa shape index (κ2) is 6.86. The Bertz CT molecular complexity index is 770. The van der Waals surface area contributed by atoms with Crippen LogP contribution in [0.25, 0.3) is 0 Å². The number of benzene rings is 1. The van der Waals surface area contributed by atoms with Crippen LogP contribution in [0.5, 0.6) is 0 Å². The number of fused-ring (bicyclic) bond motifs is 1. The Labute approximate surface area is 149 Å². The van der Waals surface area contributed by atoms with Crippen LogP contribution in [-0.2, 0) is 0 Å². The molecule has 4 nitrogen and oxygen atoms in total. The zero-order valence-corrected chi connectivity index (χ0v) is 15.1. The highest BCUT2D eigenvalue weighted by Crippen LogP contribution is 2.36. The van der Waals surface area contributed by atoms with E-state index < -0.39 is 0 Å². The predicted octanol–water partition coefficient (Wildman–Crippen LogP) is 4.19. The summed E-state index contributed by atoms with van der Waals surface area (Å²) in [6.07, 6.45) is 2.02. The van der Waals surface area contributed by atoms with Gasteiger partial charge in [0.05, 0.1) is 16.4 Å². The van der Waals surface area contributed by atoms with Crippen LogP contribution in [0.15, 0.2) is 63.9 Å². The van der Waals surface area contributed by atoms with E-state index in [2.05, 4.69) is 22.1 Å². The third kappa shape index (κ3) is 3.42. The first-order valence-electron chi connectivity index (χ1n) is 7.38. The number of anilines is 1. The molecule has 1 atom stereocenters. The maximum absolute atomic E-state index is 13.6. The zero-order chi connectivity index (χ0) is 17.3. The summed E-state index contributed by atoms with van der Waals surface area (Å²) in [5.74, 6) is -0.241. The summed E-state index contributed by atoms with van der Waals surface area (Å²) in [6, 6.07) is 5.01. The Balaban J connectivity index is 1.64. The molecule has 0 saturated heterocycles. The van der Waals surface area contributed by atoms with Crippen molar-refractivity contribution in [3.63, 3.8) is 0 Å². The van der Waals surface area contributed by atoms with Crippen LogP contribution in [-0.4, -0.2) is 10.4 Å². The van der Waals surface area contributed by atoms with Crippen molar-refractivity contribution in [3.05, 3.63) is 75.3 Å². The predicted molar refractivity (Wildman–Crippen MR) is 102 cm³/mol. The summed E-state index contributed by atoms with van der Waals surface area (Å²) in [4.78, 5) is 2.11. The molecule has 1 aromatic carbocycles. The lowest BCUT2D eigenvalue weighted by atomic mass is 10.2. The number of hydrogen-bond donors (Lipinski definition) is 3. The SMILES string of the molecule is C=C(Nc1ccc(C)c(F)c1)S/C=C(\N)C1=C(C)NC2SC=CN12. The van der Waals surface area contributed by atoms with E-state index in [1.807, 2.05) is 30.0 Å². The van der Waals surface area contributed by atoms with Crippen LogP contribution in [0.1, 0.15) is 12.5 Å². The van der Waals surface area contributed by atoms with Crippen molar-refractivity contribution in [1.82, 2.24) is 10.2 Å². The van der Waals surface area contributed by atoms with Crippen molar-refractivity contribution in [2.45, 2.75) is 19.3 Å². The molecule has 2 aliphatic rings. The van der Waals surface area contributed by atoms with Gasteiger partial charge in [0.25, 0.3) is 0 Å². The third-order valence-electron chi connectivity index (χ3n) is 3.69. The Morgan fingerprint density at radius 2 is 2.29 bits per heavy atom. The summed E-state index contributed by atoms with van der Waals surface area (Å²) < 4.78 is 13.6. The molecule has 2 heterocycles. The average Bonchev–Trinajstić information content (AvgIpc) is 3.08. The van der Waals surface area contributed by atoms with Gasteiger partial charge in [0.2, 0.25) is 0 Å². The smallest absolute Gasteiger partial charge is 0.156 e. The lowest BCUT2D eigenvalue weighted by Crippen LogP contribution is -2.28. The average molecular weight is 362 g/mol. The molecule has 0 radical (unpaired) electrons. The van der Waals surface area contributed by atoms with Gasteiger partial charge in [-0.05, 0) is 37.0 Å². The summed E-state index contributed by atoms with van der Waals surface area (Å²) in [7, 11) is 0. The Morgan fingerprint density at radius 1 is 1.50 bits per heavy atom. The van der Waals surface area contributed by atoms with E-state index in [0.717, 1.165) is 11.4 Å². The van der Waals surface area contributed by atoms with Crippen molar-refractivity contribution >= 4 is 29.2 Å². The second-order valence-corrected chi connectivity index (χ2v) is 7.46. The fourth-order valence-corrected chi connectivity index (χ4v) is 3.94. The maximum Gasteiger partial charge on any atom is 0.156 e. The Morgan fingerprint density at radius 3 is 3.04 bits per heavy atom. The number of aryl methyl sites for hydroxylation is 1. The number of nitrogens with two attached hydrogens (primary N) is 1. The van der Waals surface area contributed by atoms with E-state index in [4.69, 9.17) is 5.73 Å². The summed E-state index contributed by atoms with van der Waals surface area (Å²) in [5, 5.41) is 11.0. The monoisotopic (exact) mass is 362 g/mol. The number of hydrogen-bond acceptors (Lipinski definition) is 6. The first-order valence-corrected chi connectivity index (χ1v) is 9.20. The summed E-state index contributed by atoms with van der Waals surface area (Å²) >= 11 is 3.08. The van der Waals surface area contributed by atoms with Crippen LogP contribution >= 0.6 is 23.5 Å².